The van der Waals surface area contributed by atoms with Gasteiger partial charge in [0, 0.05) is 18.9 Å². The first-order valence-corrected chi connectivity index (χ1v) is 7.09. The quantitative estimate of drug-likeness (QED) is 0.640. The Kier molecular flexibility index (Phi) is 4.32. The molecule has 1 aromatic carbocycles. The molecule has 3 aromatic rings. The van der Waals surface area contributed by atoms with Crippen LogP contribution in [0.15, 0.2) is 36.7 Å². The molecule has 0 aliphatic carbocycles. The average molecular weight is 312 g/mol. The molecule has 0 radical (unpaired) electrons. The van der Waals surface area contributed by atoms with E-state index in [9.17, 15) is 4.79 Å². The van der Waals surface area contributed by atoms with Crippen LogP contribution in [0.5, 0.6) is 5.75 Å². The van der Waals surface area contributed by atoms with E-state index in [2.05, 4.69) is 25.8 Å². The third-order valence-corrected chi connectivity index (χ3v) is 3.39. The highest BCUT2D eigenvalue weighted by molar-refractivity contribution is 5.71. The normalized spacial score (nSPS) is 10.5. The Morgan fingerprint density at radius 2 is 2.17 bits per heavy atom. The molecule has 0 unspecified atom stereocenters. The summed E-state index contributed by atoms with van der Waals surface area (Å²) >= 11 is 0. The van der Waals surface area contributed by atoms with Crippen LogP contribution in [0.25, 0.3) is 5.65 Å². The molecule has 2 N–H and O–H groups in total. The Morgan fingerprint density at radius 1 is 1.30 bits per heavy atom. The van der Waals surface area contributed by atoms with E-state index in [1.165, 1.54) is 0 Å². The lowest BCUT2D eigenvalue weighted by Crippen LogP contribution is -2.09. The number of nitrogens with zero attached hydrogens (tertiary/aromatic N) is 4. The minimum absolute atomic E-state index is 0.352. The van der Waals surface area contributed by atoms with Crippen LogP contribution in [-0.4, -0.2) is 39.6 Å². The van der Waals surface area contributed by atoms with E-state index in [1.54, 1.807) is 23.9 Å². The Balaban J connectivity index is 1.73. The maximum Gasteiger partial charge on any atom is 0.235 e. The van der Waals surface area contributed by atoms with Gasteiger partial charge in [0.2, 0.25) is 18.0 Å². The Hall–Kier alpha value is -3.16. The maximum atomic E-state index is 10.6. The van der Waals surface area contributed by atoms with Gasteiger partial charge in [-0.3, -0.25) is 14.5 Å². The average Bonchev–Trinajstić information content (AvgIpc) is 3.00. The molecule has 2 heterocycles. The number of hydrogen-bond donors (Lipinski definition) is 2. The van der Waals surface area contributed by atoms with Crippen molar-refractivity contribution >= 4 is 23.8 Å². The van der Waals surface area contributed by atoms with Crippen LogP contribution in [0.4, 0.5) is 11.8 Å². The lowest BCUT2D eigenvalue weighted by atomic mass is 10.1. The summed E-state index contributed by atoms with van der Waals surface area (Å²) in [5.41, 5.74) is 1.66. The maximum absolute atomic E-state index is 10.6. The fraction of sp³-hybridized carbons (Fsp3) is 0.200. The van der Waals surface area contributed by atoms with E-state index in [0.29, 0.717) is 30.4 Å². The minimum Gasteiger partial charge on any atom is -0.496 e. The van der Waals surface area contributed by atoms with Crippen LogP contribution < -0.4 is 15.4 Å². The van der Waals surface area contributed by atoms with Crippen molar-refractivity contribution in [1.82, 2.24) is 19.6 Å². The first-order valence-electron chi connectivity index (χ1n) is 7.09. The van der Waals surface area contributed by atoms with Crippen LogP contribution in [0.2, 0.25) is 0 Å². The molecule has 8 nitrogen and oxygen atoms in total. The van der Waals surface area contributed by atoms with Crippen molar-refractivity contribution in [1.29, 1.82) is 0 Å². The number of aromatic nitrogens is 4. The number of fused-ring (bicyclic) bond motifs is 1. The number of carbonyl (C=O) groups is 1. The number of nitrogens with one attached hydrogen (secondary N) is 2. The second-order valence-corrected chi connectivity index (χ2v) is 4.74. The zero-order chi connectivity index (χ0) is 16.1. The zero-order valence-corrected chi connectivity index (χ0v) is 12.6. The highest BCUT2D eigenvalue weighted by atomic mass is 16.5. The van der Waals surface area contributed by atoms with Gasteiger partial charge in [0.1, 0.15) is 5.75 Å². The van der Waals surface area contributed by atoms with Crippen molar-refractivity contribution in [2.24, 2.45) is 0 Å². The summed E-state index contributed by atoms with van der Waals surface area (Å²) in [6.45, 7) is 0.663. The summed E-state index contributed by atoms with van der Waals surface area (Å²) in [4.78, 5) is 14.8. The van der Waals surface area contributed by atoms with Crippen molar-refractivity contribution in [3.05, 3.63) is 42.2 Å². The van der Waals surface area contributed by atoms with Crippen LogP contribution in [-0.2, 0) is 11.2 Å². The molecule has 23 heavy (non-hydrogen) atoms. The first-order chi connectivity index (χ1) is 11.3. The highest BCUT2D eigenvalue weighted by Gasteiger charge is 2.10. The molecule has 0 bridgehead atoms. The summed E-state index contributed by atoms with van der Waals surface area (Å²) in [7, 11) is 1.66. The number of rotatable bonds is 7. The summed E-state index contributed by atoms with van der Waals surface area (Å²) < 4.78 is 7.00. The van der Waals surface area contributed by atoms with Gasteiger partial charge in [-0.2, -0.15) is 0 Å². The van der Waals surface area contributed by atoms with Gasteiger partial charge in [-0.05, 0) is 18.1 Å². The van der Waals surface area contributed by atoms with Crippen molar-refractivity contribution in [2.45, 2.75) is 6.42 Å². The number of anilines is 2. The van der Waals surface area contributed by atoms with Crippen LogP contribution in [0, 0.1) is 0 Å². The Bertz CT molecular complexity index is 817. The van der Waals surface area contributed by atoms with E-state index in [4.69, 9.17) is 4.74 Å². The molecule has 2 aromatic heterocycles. The van der Waals surface area contributed by atoms with E-state index in [1.807, 2.05) is 24.3 Å². The van der Waals surface area contributed by atoms with Gasteiger partial charge in [-0.25, -0.2) is 4.98 Å². The topological polar surface area (TPSA) is 93.4 Å². The third kappa shape index (κ3) is 3.05. The molecule has 0 aliphatic rings. The van der Waals surface area contributed by atoms with E-state index >= 15 is 0 Å². The number of para-hydroxylation sites is 1. The van der Waals surface area contributed by atoms with E-state index in [0.717, 1.165) is 17.7 Å². The number of methoxy groups -OCH3 is 1. The number of hydrogen-bond acceptors (Lipinski definition) is 6. The van der Waals surface area contributed by atoms with Crippen LogP contribution in [0.1, 0.15) is 5.56 Å². The molecule has 0 aliphatic heterocycles. The van der Waals surface area contributed by atoms with Crippen molar-refractivity contribution < 1.29 is 9.53 Å². The molecule has 0 spiro atoms. The second kappa shape index (κ2) is 6.73. The molecular formula is C15H16N6O2. The van der Waals surface area contributed by atoms with E-state index in [-0.39, 0.29) is 0 Å². The predicted molar refractivity (Wildman–Crippen MR) is 85.7 cm³/mol. The second-order valence-electron chi connectivity index (χ2n) is 4.74. The fourth-order valence-electron chi connectivity index (χ4n) is 2.33. The highest BCUT2D eigenvalue weighted by Crippen LogP contribution is 2.19. The van der Waals surface area contributed by atoms with E-state index < -0.39 is 0 Å². The van der Waals surface area contributed by atoms with Gasteiger partial charge < -0.3 is 10.1 Å². The molecule has 8 heteroatoms. The number of amides is 1. The van der Waals surface area contributed by atoms with Gasteiger partial charge in [-0.15, -0.1) is 10.2 Å². The van der Waals surface area contributed by atoms with Crippen LogP contribution in [0.3, 0.4) is 0 Å². The molecule has 0 atom stereocenters. The number of benzene rings is 1. The van der Waals surface area contributed by atoms with Gasteiger partial charge in [-0.1, -0.05) is 18.2 Å². The van der Waals surface area contributed by atoms with Crippen molar-refractivity contribution in [2.75, 3.05) is 24.3 Å². The fourth-order valence-corrected chi connectivity index (χ4v) is 2.33. The SMILES string of the molecule is COc1ccccc1CCNc1nccn2c(NC=O)nnc12. The molecule has 3 rings (SSSR count). The zero-order valence-electron chi connectivity index (χ0n) is 12.6. The molecule has 1 amide bonds. The minimum atomic E-state index is 0.352. The third-order valence-electron chi connectivity index (χ3n) is 3.39. The molecule has 0 saturated carbocycles. The molecule has 118 valence electrons. The van der Waals surface area contributed by atoms with Gasteiger partial charge in [0.15, 0.2) is 5.82 Å². The Labute approximate surface area is 132 Å². The monoisotopic (exact) mass is 312 g/mol. The number of carbonyl (C=O) groups excluding carboxylic acids is 1. The standard InChI is InChI=1S/C15H16N6O2/c1-23-12-5-3-2-4-11(12)6-7-16-13-14-19-20-15(18-10-22)21(14)9-8-17-13/h2-5,8-10H,6-7H2,1H3,(H,16,17)(H,18,20,22). The van der Waals surface area contributed by atoms with Gasteiger partial charge in [0.05, 0.1) is 7.11 Å². The molecule has 0 fully saturated rings. The molecular weight excluding hydrogens is 296 g/mol. The summed E-state index contributed by atoms with van der Waals surface area (Å²) in [5.74, 6) is 1.82. The summed E-state index contributed by atoms with van der Waals surface area (Å²) in [5, 5.41) is 13.7. The largest absolute Gasteiger partial charge is 0.496 e. The Morgan fingerprint density at radius 3 is 3.00 bits per heavy atom. The van der Waals surface area contributed by atoms with Crippen LogP contribution >= 0.6 is 0 Å². The number of ether oxygens (including phenoxy) is 1. The molecule has 0 saturated heterocycles. The lowest BCUT2D eigenvalue weighted by Gasteiger charge is -2.09. The first kappa shape index (κ1) is 14.8. The van der Waals surface area contributed by atoms with Crippen molar-refractivity contribution in [3.8, 4) is 5.75 Å². The summed E-state index contributed by atoms with van der Waals surface area (Å²) in [6.07, 6.45) is 4.65. The summed E-state index contributed by atoms with van der Waals surface area (Å²) in [6, 6.07) is 7.88. The predicted octanol–water partition coefficient (Wildman–Crippen LogP) is 1.36. The lowest BCUT2D eigenvalue weighted by molar-refractivity contribution is -0.105. The van der Waals surface area contributed by atoms with Gasteiger partial charge in [0.25, 0.3) is 0 Å². The van der Waals surface area contributed by atoms with Gasteiger partial charge >= 0.3 is 0 Å². The van der Waals surface area contributed by atoms with Crippen molar-refractivity contribution in [3.63, 3.8) is 0 Å². The smallest absolute Gasteiger partial charge is 0.235 e.